The van der Waals surface area contributed by atoms with Crippen molar-refractivity contribution in [3.05, 3.63) is 59.7 Å². The van der Waals surface area contributed by atoms with Gasteiger partial charge in [0.15, 0.2) is 0 Å². The van der Waals surface area contributed by atoms with Crippen LogP contribution in [0.25, 0.3) is 11.1 Å². The predicted octanol–water partition coefficient (Wildman–Crippen LogP) is 2.44. The first kappa shape index (κ1) is 22.8. The molecule has 2 aliphatic rings. The second kappa shape index (κ2) is 9.23. The highest BCUT2D eigenvalue weighted by Gasteiger charge is 2.50. The number of rotatable bonds is 9. The number of nitrogens with zero attached hydrogens (tertiary/aromatic N) is 1. The molecule has 2 amide bonds. The molecule has 2 aromatic rings. The molecule has 0 saturated heterocycles. The van der Waals surface area contributed by atoms with Gasteiger partial charge >= 0.3 is 12.1 Å². The standard InChI is InChI=1S/C25H29N3O5/c1-28(2)13-21(22(29)26-15-25(11-12-25)23(30)31)27-24(32)33-14-20-18-9-5-3-7-16(18)17-8-4-6-10-19(17)20/h3-10,20-21H,11-15H2,1-2H3,(H,26,29)(H,27,32)(H,30,31). The number of alkyl carbamates (subject to hydrolysis) is 1. The topological polar surface area (TPSA) is 108 Å². The Morgan fingerprint density at radius 1 is 1.06 bits per heavy atom. The zero-order chi connectivity index (χ0) is 23.6. The summed E-state index contributed by atoms with van der Waals surface area (Å²) in [6.45, 7) is 0.464. The van der Waals surface area contributed by atoms with Gasteiger partial charge in [0.05, 0.1) is 5.41 Å². The molecule has 0 bridgehead atoms. The summed E-state index contributed by atoms with van der Waals surface area (Å²) >= 11 is 0. The van der Waals surface area contributed by atoms with Crippen molar-refractivity contribution in [2.75, 3.05) is 33.8 Å². The van der Waals surface area contributed by atoms with Gasteiger partial charge in [0.25, 0.3) is 0 Å². The number of fused-ring (bicyclic) bond motifs is 3. The molecule has 8 nitrogen and oxygen atoms in total. The second-order valence-electron chi connectivity index (χ2n) is 9.09. The Labute approximate surface area is 192 Å². The van der Waals surface area contributed by atoms with Gasteiger partial charge in [-0.25, -0.2) is 4.79 Å². The van der Waals surface area contributed by atoms with Crippen LogP contribution in [0.5, 0.6) is 0 Å². The Bertz CT molecular complexity index is 1020. The van der Waals surface area contributed by atoms with Crippen LogP contribution in [-0.2, 0) is 14.3 Å². The van der Waals surface area contributed by atoms with Gasteiger partial charge in [-0.2, -0.15) is 0 Å². The van der Waals surface area contributed by atoms with Gasteiger partial charge in [-0.05, 0) is 49.2 Å². The van der Waals surface area contributed by atoms with E-state index >= 15 is 0 Å². The summed E-state index contributed by atoms with van der Waals surface area (Å²) in [7, 11) is 3.58. The second-order valence-corrected chi connectivity index (χ2v) is 9.09. The monoisotopic (exact) mass is 451 g/mol. The fraction of sp³-hybridized carbons (Fsp3) is 0.400. The maximum absolute atomic E-state index is 12.7. The molecule has 33 heavy (non-hydrogen) atoms. The van der Waals surface area contributed by atoms with Gasteiger partial charge in [-0.3, -0.25) is 9.59 Å². The number of carboxylic acids is 1. The minimum atomic E-state index is -0.906. The van der Waals surface area contributed by atoms with Gasteiger partial charge in [-0.15, -0.1) is 0 Å². The minimum absolute atomic E-state index is 0.0530. The van der Waals surface area contributed by atoms with Crippen LogP contribution < -0.4 is 10.6 Å². The third-order valence-corrected chi connectivity index (χ3v) is 6.41. The van der Waals surface area contributed by atoms with Crippen molar-refractivity contribution in [2.45, 2.75) is 24.8 Å². The molecule has 174 valence electrons. The molecule has 3 N–H and O–H groups in total. The number of benzene rings is 2. The largest absolute Gasteiger partial charge is 0.481 e. The van der Waals surface area contributed by atoms with E-state index in [9.17, 15) is 19.5 Å². The smallest absolute Gasteiger partial charge is 0.407 e. The number of ether oxygens (including phenoxy) is 1. The number of carbonyl (C=O) groups is 3. The van der Waals surface area contributed by atoms with Crippen LogP contribution >= 0.6 is 0 Å². The molecule has 8 heteroatoms. The average molecular weight is 452 g/mol. The predicted molar refractivity (Wildman–Crippen MR) is 123 cm³/mol. The zero-order valence-corrected chi connectivity index (χ0v) is 18.8. The lowest BCUT2D eigenvalue weighted by molar-refractivity contribution is -0.143. The van der Waals surface area contributed by atoms with Crippen LogP contribution in [0.15, 0.2) is 48.5 Å². The Morgan fingerprint density at radius 2 is 1.64 bits per heavy atom. The number of likely N-dealkylation sites (N-methyl/N-ethyl adjacent to an activating group) is 1. The highest BCUT2D eigenvalue weighted by Crippen LogP contribution is 2.45. The highest BCUT2D eigenvalue weighted by molar-refractivity contribution is 5.87. The number of nitrogens with one attached hydrogen (secondary N) is 2. The minimum Gasteiger partial charge on any atom is -0.481 e. The summed E-state index contributed by atoms with van der Waals surface area (Å²) in [6, 6.07) is 15.3. The molecule has 1 fully saturated rings. The van der Waals surface area contributed by atoms with Crippen molar-refractivity contribution in [3.8, 4) is 11.1 Å². The number of amides is 2. The molecular weight excluding hydrogens is 422 g/mol. The summed E-state index contributed by atoms with van der Waals surface area (Å²) < 4.78 is 5.56. The molecule has 0 radical (unpaired) electrons. The highest BCUT2D eigenvalue weighted by atomic mass is 16.5. The van der Waals surface area contributed by atoms with E-state index in [0.717, 1.165) is 22.3 Å². The van der Waals surface area contributed by atoms with E-state index in [1.807, 2.05) is 36.4 Å². The first-order chi connectivity index (χ1) is 15.8. The molecule has 1 atom stereocenters. The first-order valence-corrected chi connectivity index (χ1v) is 11.1. The number of aliphatic carboxylic acids is 1. The average Bonchev–Trinajstić information content (AvgIpc) is 3.52. The summed E-state index contributed by atoms with van der Waals surface area (Å²) in [6.07, 6.45) is 0.403. The Morgan fingerprint density at radius 3 is 2.15 bits per heavy atom. The van der Waals surface area contributed by atoms with Crippen LogP contribution in [0, 0.1) is 5.41 Å². The molecule has 2 aliphatic carbocycles. The quantitative estimate of drug-likeness (QED) is 0.541. The van der Waals surface area contributed by atoms with Gasteiger partial charge in [0.2, 0.25) is 5.91 Å². The fourth-order valence-corrected chi connectivity index (χ4v) is 4.34. The molecule has 2 aromatic carbocycles. The Hall–Kier alpha value is -3.39. The van der Waals surface area contributed by atoms with E-state index in [-0.39, 0.29) is 25.6 Å². The van der Waals surface area contributed by atoms with Crippen LogP contribution in [-0.4, -0.2) is 67.8 Å². The third kappa shape index (κ3) is 4.85. The maximum atomic E-state index is 12.7. The summed E-state index contributed by atoms with van der Waals surface area (Å²) in [4.78, 5) is 38.4. The third-order valence-electron chi connectivity index (χ3n) is 6.41. The number of hydrogen-bond acceptors (Lipinski definition) is 5. The van der Waals surface area contributed by atoms with E-state index in [1.165, 1.54) is 0 Å². The molecule has 0 heterocycles. The van der Waals surface area contributed by atoms with E-state index in [2.05, 4.69) is 22.8 Å². The van der Waals surface area contributed by atoms with E-state index in [4.69, 9.17) is 4.74 Å². The van der Waals surface area contributed by atoms with Crippen molar-refractivity contribution in [1.29, 1.82) is 0 Å². The number of hydrogen-bond donors (Lipinski definition) is 3. The van der Waals surface area contributed by atoms with E-state index < -0.39 is 29.4 Å². The first-order valence-electron chi connectivity index (χ1n) is 11.1. The molecule has 0 aromatic heterocycles. The van der Waals surface area contributed by atoms with Gasteiger partial charge in [0, 0.05) is 19.0 Å². The molecule has 4 rings (SSSR count). The van der Waals surface area contributed by atoms with Crippen molar-refractivity contribution in [2.24, 2.45) is 5.41 Å². The molecule has 0 spiro atoms. The Balaban J connectivity index is 1.38. The Kier molecular flexibility index (Phi) is 6.37. The zero-order valence-electron chi connectivity index (χ0n) is 18.8. The molecule has 1 saturated carbocycles. The van der Waals surface area contributed by atoms with Crippen molar-refractivity contribution < 1.29 is 24.2 Å². The molecule has 0 aliphatic heterocycles. The van der Waals surface area contributed by atoms with Crippen LogP contribution in [0.2, 0.25) is 0 Å². The van der Waals surface area contributed by atoms with Crippen LogP contribution in [0.3, 0.4) is 0 Å². The van der Waals surface area contributed by atoms with Crippen LogP contribution in [0.4, 0.5) is 4.79 Å². The lowest BCUT2D eigenvalue weighted by Gasteiger charge is -2.23. The summed E-state index contributed by atoms with van der Waals surface area (Å²) in [5, 5.41) is 14.6. The van der Waals surface area contributed by atoms with Crippen molar-refractivity contribution in [3.63, 3.8) is 0 Å². The fourth-order valence-electron chi connectivity index (χ4n) is 4.34. The molecule has 1 unspecified atom stereocenters. The number of carboxylic acid groups (broad SMARTS) is 1. The van der Waals surface area contributed by atoms with Crippen molar-refractivity contribution in [1.82, 2.24) is 15.5 Å². The van der Waals surface area contributed by atoms with Gasteiger partial charge < -0.3 is 25.4 Å². The van der Waals surface area contributed by atoms with Crippen molar-refractivity contribution >= 4 is 18.0 Å². The van der Waals surface area contributed by atoms with Gasteiger partial charge in [-0.1, -0.05) is 48.5 Å². The summed E-state index contributed by atoms with van der Waals surface area (Å²) in [5.41, 5.74) is 3.62. The normalized spacial score (nSPS) is 16.5. The van der Waals surface area contributed by atoms with Gasteiger partial charge in [0.1, 0.15) is 12.6 Å². The SMILES string of the molecule is CN(C)CC(NC(=O)OCC1c2ccccc2-c2ccccc21)C(=O)NCC1(C(=O)O)CC1. The number of carbonyl (C=O) groups excluding carboxylic acids is 2. The molecular formula is C25H29N3O5. The van der Waals surface area contributed by atoms with E-state index in [1.54, 1.807) is 19.0 Å². The van der Waals surface area contributed by atoms with Crippen LogP contribution in [0.1, 0.15) is 29.9 Å². The maximum Gasteiger partial charge on any atom is 0.407 e. The lowest BCUT2D eigenvalue weighted by atomic mass is 9.98. The lowest BCUT2D eigenvalue weighted by Crippen LogP contribution is -2.53. The summed E-state index contributed by atoms with van der Waals surface area (Å²) in [5.74, 6) is -1.41. The van der Waals surface area contributed by atoms with E-state index in [0.29, 0.717) is 12.8 Å².